The number of pyridine rings is 1. The average Bonchev–Trinajstić information content (AvgIpc) is 3.69. The number of aliphatic hydroxyl groups is 1. The molecule has 0 atom stereocenters. The molecule has 0 aliphatic rings. The molecular weight excluding hydrogens is 871 g/mol. The Morgan fingerprint density at radius 2 is 1.52 bits per heavy atom. The Morgan fingerprint density at radius 3 is 2.12 bits per heavy atom. The standard InChI is InChI=1S/C35H34NO2.C15H28O2.Ir/c1-20(2)14-28-22(4)38-32-17-24(12-13-27(28)32)29-18-31(36-34-33(29)21(3)19-37-34)25-15-23-10-8-9-11-26(23)30(16-25)35(5,6)7;1-7-14(5,8-2)12(16)11-13(17)15(6,9-3)10-4;/h8-13,16-20H,14H2,1-7H3;11,16H,7-10H2,1-6H3;/q-1;;/b;12-11-;. The first-order valence-corrected chi connectivity index (χ1v) is 20.2. The molecule has 1 N–H and O–H groups in total. The Labute approximate surface area is 348 Å². The molecule has 0 amide bonds. The Kier molecular flexibility index (Phi) is 14.1. The fraction of sp³-hybridized carbons (Fsp3) is 0.440. The maximum absolute atomic E-state index is 12.2. The Morgan fingerprint density at radius 1 is 0.875 bits per heavy atom. The Balaban J connectivity index is 0.000000330. The second-order valence-electron chi connectivity index (χ2n) is 17.4. The van der Waals surface area contributed by atoms with Crippen LogP contribution in [0.4, 0.5) is 0 Å². The van der Waals surface area contributed by atoms with Gasteiger partial charge < -0.3 is 13.9 Å². The van der Waals surface area contributed by atoms with Crippen molar-refractivity contribution in [1.82, 2.24) is 4.98 Å². The monoisotopic (exact) mass is 933 g/mol. The van der Waals surface area contributed by atoms with Gasteiger partial charge in [-0.3, -0.25) is 9.78 Å². The minimum atomic E-state index is -0.337. The van der Waals surface area contributed by atoms with Crippen LogP contribution in [0.2, 0.25) is 0 Å². The Bertz CT molecular complexity index is 2340. The largest absolute Gasteiger partial charge is 0.512 e. The molecule has 3 aromatic heterocycles. The molecule has 6 aromatic rings. The fourth-order valence-corrected chi connectivity index (χ4v) is 7.33. The summed E-state index contributed by atoms with van der Waals surface area (Å²) in [6.45, 7) is 27.5. The predicted molar refractivity (Wildman–Crippen MR) is 231 cm³/mol. The molecule has 0 saturated heterocycles. The molecule has 0 fully saturated rings. The van der Waals surface area contributed by atoms with Crippen LogP contribution in [0.15, 0.2) is 81.5 Å². The van der Waals surface area contributed by atoms with Gasteiger partial charge in [0.2, 0.25) is 5.71 Å². The van der Waals surface area contributed by atoms with Crippen LogP contribution in [0.3, 0.4) is 0 Å². The van der Waals surface area contributed by atoms with Crippen LogP contribution in [0.1, 0.15) is 124 Å². The molecule has 3 aromatic carbocycles. The number of aromatic nitrogens is 1. The summed E-state index contributed by atoms with van der Waals surface area (Å²) in [5, 5.41) is 14.7. The number of furan rings is 2. The zero-order chi connectivity index (χ0) is 40.5. The quantitative estimate of drug-likeness (QED) is 0.0796. The van der Waals surface area contributed by atoms with Gasteiger partial charge in [0.15, 0.2) is 5.78 Å². The van der Waals surface area contributed by atoms with E-state index in [-0.39, 0.29) is 47.9 Å². The first-order valence-electron chi connectivity index (χ1n) is 20.2. The van der Waals surface area contributed by atoms with Gasteiger partial charge in [-0.2, -0.15) is 0 Å². The van der Waals surface area contributed by atoms with E-state index in [0.29, 0.717) is 11.6 Å². The van der Waals surface area contributed by atoms with Crippen LogP contribution in [0.25, 0.3) is 55.2 Å². The summed E-state index contributed by atoms with van der Waals surface area (Å²) < 4.78 is 12.2. The van der Waals surface area contributed by atoms with Crippen LogP contribution in [0, 0.1) is 36.7 Å². The molecule has 0 bridgehead atoms. The van der Waals surface area contributed by atoms with Crippen molar-refractivity contribution >= 4 is 38.6 Å². The maximum Gasteiger partial charge on any atom is 0.219 e. The number of nitrogens with zero attached hydrogens (tertiary/aromatic N) is 1. The van der Waals surface area contributed by atoms with Crippen LogP contribution in [-0.2, 0) is 36.7 Å². The first-order chi connectivity index (χ1) is 25.9. The number of ketones is 1. The van der Waals surface area contributed by atoms with E-state index >= 15 is 0 Å². The number of hydrogen-bond donors (Lipinski definition) is 1. The summed E-state index contributed by atoms with van der Waals surface area (Å²) in [6, 6.07) is 23.1. The average molecular weight is 933 g/mol. The molecule has 0 aliphatic heterocycles. The number of allylic oxidation sites excluding steroid dienone is 2. The van der Waals surface area contributed by atoms with Crippen molar-refractivity contribution in [3.05, 3.63) is 101 Å². The second kappa shape index (κ2) is 17.7. The van der Waals surface area contributed by atoms with Gasteiger partial charge in [0.25, 0.3) is 0 Å². The molecule has 56 heavy (non-hydrogen) atoms. The summed E-state index contributed by atoms with van der Waals surface area (Å²) in [5.74, 6) is 1.86. The fourth-order valence-electron chi connectivity index (χ4n) is 7.33. The predicted octanol–water partition coefficient (Wildman–Crippen LogP) is 14.6. The third-order valence-electron chi connectivity index (χ3n) is 12.1. The zero-order valence-corrected chi connectivity index (χ0v) is 38.3. The van der Waals surface area contributed by atoms with Gasteiger partial charge in [0.1, 0.15) is 17.1 Å². The number of hydrogen-bond acceptors (Lipinski definition) is 5. The van der Waals surface area contributed by atoms with Crippen LogP contribution >= 0.6 is 0 Å². The van der Waals surface area contributed by atoms with E-state index in [1.165, 1.54) is 28.0 Å². The molecule has 0 unspecified atom stereocenters. The van der Waals surface area contributed by atoms with Gasteiger partial charge >= 0.3 is 0 Å². The molecule has 0 saturated carbocycles. The van der Waals surface area contributed by atoms with Crippen molar-refractivity contribution < 1.29 is 38.8 Å². The Hall–Kier alpha value is -3.99. The first kappa shape index (κ1) is 44.7. The van der Waals surface area contributed by atoms with Gasteiger partial charge in [-0.1, -0.05) is 124 Å². The summed E-state index contributed by atoms with van der Waals surface area (Å²) in [7, 11) is 0. The summed E-state index contributed by atoms with van der Waals surface area (Å²) in [5.41, 5.74) is 8.63. The molecule has 0 spiro atoms. The van der Waals surface area contributed by atoms with Gasteiger partial charge in [0, 0.05) is 59.0 Å². The molecule has 6 heteroatoms. The van der Waals surface area contributed by atoms with E-state index in [1.54, 1.807) is 6.26 Å². The second-order valence-corrected chi connectivity index (χ2v) is 17.4. The van der Waals surface area contributed by atoms with Gasteiger partial charge in [-0.25, -0.2) is 0 Å². The number of aliphatic hydroxyl groups excluding tert-OH is 1. The topological polar surface area (TPSA) is 76.5 Å². The van der Waals surface area contributed by atoms with Crippen molar-refractivity contribution in [2.45, 2.75) is 128 Å². The normalized spacial score (nSPS) is 12.6. The van der Waals surface area contributed by atoms with Crippen molar-refractivity contribution in [3.8, 4) is 22.4 Å². The third-order valence-corrected chi connectivity index (χ3v) is 12.1. The van der Waals surface area contributed by atoms with E-state index in [2.05, 4.69) is 109 Å². The number of carbonyl (C=O) groups is 1. The summed E-state index contributed by atoms with van der Waals surface area (Å²) in [6.07, 6.45) is 7.56. The zero-order valence-electron chi connectivity index (χ0n) is 35.9. The van der Waals surface area contributed by atoms with Gasteiger partial charge in [0.05, 0.1) is 6.26 Å². The minimum Gasteiger partial charge on any atom is -0.512 e. The molecule has 0 aliphatic carbocycles. The van der Waals surface area contributed by atoms with Gasteiger partial charge in [-0.15, -0.1) is 29.1 Å². The van der Waals surface area contributed by atoms with Crippen LogP contribution in [0.5, 0.6) is 0 Å². The minimum absolute atomic E-state index is 0. The molecular formula is C50H62IrNO4-. The number of fused-ring (bicyclic) bond motifs is 3. The van der Waals surface area contributed by atoms with Crippen molar-refractivity contribution in [2.75, 3.05) is 0 Å². The molecule has 6 rings (SSSR count). The summed E-state index contributed by atoms with van der Waals surface area (Å²) >= 11 is 0. The van der Waals surface area contributed by atoms with Crippen LogP contribution in [-0.4, -0.2) is 15.9 Å². The van der Waals surface area contributed by atoms with Crippen molar-refractivity contribution in [3.63, 3.8) is 0 Å². The third kappa shape index (κ3) is 9.08. The number of aryl methyl sites for hydroxylation is 2. The molecule has 3 heterocycles. The van der Waals surface area contributed by atoms with Crippen molar-refractivity contribution in [1.29, 1.82) is 0 Å². The molecule has 1 radical (unpaired) electrons. The molecule has 301 valence electrons. The maximum atomic E-state index is 12.2. The van der Waals surface area contributed by atoms with E-state index < -0.39 is 0 Å². The van der Waals surface area contributed by atoms with Crippen molar-refractivity contribution in [2.24, 2.45) is 16.7 Å². The van der Waals surface area contributed by atoms with Gasteiger partial charge in [-0.05, 0) is 80.0 Å². The van der Waals surface area contributed by atoms with E-state index in [1.807, 2.05) is 41.5 Å². The van der Waals surface area contributed by atoms with Crippen LogP contribution < -0.4 is 0 Å². The number of benzene rings is 3. The number of rotatable bonds is 11. The van der Waals surface area contributed by atoms with E-state index in [0.717, 1.165) is 82.2 Å². The van der Waals surface area contributed by atoms with E-state index in [4.69, 9.17) is 13.8 Å². The summed E-state index contributed by atoms with van der Waals surface area (Å²) in [4.78, 5) is 17.2. The van der Waals surface area contributed by atoms with E-state index in [9.17, 15) is 9.90 Å². The SMILES string of the molecule is CCC(C)(CC)C(=O)/C=C(\O)C(C)(CC)CC.Cc1oc2cc(-c3cc(-c4[c-]c5ccccc5c(C(C)(C)C)c4)nc4occ(C)c34)ccc2c1CC(C)C.[Ir]. The smallest absolute Gasteiger partial charge is 0.219 e. The number of carbonyl (C=O) groups excluding carboxylic acids is 1. The molecule has 5 nitrogen and oxygen atoms in total.